The van der Waals surface area contributed by atoms with Gasteiger partial charge in [-0.1, -0.05) is 0 Å². The van der Waals surface area contributed by atoms with Gasteiger partial charge in [0, 0.05) is 25.0 Å². The third-order valence-electron chi connectivity index (χ3n) is 2.36. The summed E-state index contributed by atoms with van der Waals surface area (Å²) in [5.74, 6) is 0.122. The van der Waals surface area contributed by atoms with Crippen molar-refractivity contribution in [2.45, 2.75) is 12.8 Å². The van der Waals surface area contributed by atoms with Crippen LogP contribution in [0.1, 0.15) is 18.4 Å². The first-order chi connectivity index (χ1) is 5.72. The average Bonchev–Trinajstić information content (AvgIpc) is 2.33. The van der Waals surface area contributed by atoms with E-state index in [1.807, 2.05) is 13.0 Å². The second-order valence-electron chi connectivity index (χ2n) is 3.05. The summed E-state index contributed by atoms with van der Waals surface area (Å²) in [5, 5.41) is 0. The molecule has 0 saturated heterocycles. The van der Waals surface area contributed by atoms with Gasteiger partial charge < -0.3 is 4.90 Å². The number of hydrogen-bond donors (Lipinski definition) is 0. The van der Waals surface area contributed by atoms with E-state index in [0.29, 0.717) is 0 Å². The highest BCUT2D eigenvalue weighted by molar-refractivity contribution is 6.03. The number of anilines is 1. The van der Waals surface area contributed by atoms with Gasteiger partial charge in [0.25, 0.3) is 0 Å². The van der Waals surface area contributed by atoms with Crippen LogP contribution >= 0.6 is 0 Å². The molecule has 2 rings (SSSR count). The van der Waals surface area contributed by atoms with Gasteiger partial charge in [-0.25, -0.2) is 0 Å². The van der Waals surface area contributed by atoms with Crippen molar-refractivity contribution >= 4 is 11.6 Å². The van der Waals surface area contributed by atoms with E-state index in [4.69, 9.17) is 0 Å². The van der Waals surface area contributed by atoms with Crippen molar-refractivity contribution in [3.05, 3.63) is 24.0 Å². The fourth-order valence-corrected chi connectivity index (χ4v) is 1.58. The molecule has 0 bridgehead atoms. The number of hydrogen-bond acceptors (Lipinski definition) is 2. The molecule has 1 atom stereocenters. The van der Waals surface area contributed by atoms with Crippen molar-refractivity contribution in [2.24, 2.45) is 0 Å². The number of nitrogens with zero attached hydrogens (tertiary/aromatic N) is 2. The van der Waals surface area contributed by atoms with Crippen LogP contribution in [0.25, 0.3) is 0 Å². The highest BCUT2D eigenvalue weighted by Crippen LogP contribution is 2.34. The Bertz CT molecular complexity index is 304. The van der Waals surface area contributed by atoms with Gasteiger partial charge in [-0.15, -0.1) is 0 Å². The molecule has 1 aliphatic heterocycles. The first-order valence-electron chi connectivity index (χ1n) is 3.93. The SMILES string of the molecule is CC1C(=O)N(C)c2ccncc21. The minimum Gasteiger partial charge on any atom is -0.315 e. The molecular weight excluding hydrogens is 152 g/mol. The van der Waals surface area contributed by atoms with E-state index in [1.54, 1.807) is 24.3 Å². The number of fused-ring (bicyclic) bond motifs is 1. The molecule has 0 radical (unpaired) electrons. The zero-order chi connectivity index (χ0) is 8.72. The molecular formula is C9H10N2O. The normalized spacial score (nSPS) is 21.3. The summed E-state index contributed by atoms with van der Waals surface area (Å²) in [5.41, 5.74) is 2.02. The number of carbonyl (C=O) groups is 1. The first-order valence-corrected chi connectivity index (χ1v) is 3.93. The van der Waals surface area contributed by atoms with Gasteiger partial charge in [-0.2, -0.15) is 0 Å². The van der Waals surface area contributed by atoms with Gasteiger partial charge in [-0.05, 0) is 13.0 Å². The third-order valence-corrected chi connectivity index (χ3v) is 2.36. The summed E-state index contributed by atoms with van der Waals surface area (Å²) >= 11 is 0. The Balaban J connectivity index is 2.59. The zero-order valence-corrected chi connectivity index (χ0v) is 7.11. The summed E-state index contributed by atoms with van der Waals surface area (Å²) in [6.45, 7) is 1.91. The molecule has 1 aromatic rings. The van der Waals surface area contributed by atoms with Crippen molar-refractivity contribution in [3.8, 4) is 0 Å². The highest BCUT2D eigenvalue weighted by atomic mass is 16.2. The second-order valence-corrected chi connectivity index (χ2v) is 3.05. The van der Waals surface area contributed by atoms with Gasteiger partial charge in [0.15, 0.2) is 0 Å². The van der Waals surface area contributed by atoms with E-state index in [-0.39, 0.29) is 11.8 Å². The van der Waals surface area contributed by atoms with Crippen molar-refractivity contribution < 1.29 is 4.79 Å². The van der Waals surface area contributed by atoms with E-state index in [0.717, 1.165) is 11.3 Å². The highest BCUT2D eigenvalue weighted by Gasteiger charge is 2.31. The molecule has 2 heterocycles. The summed E-state index contributed by atoms with van der Waals surface area (Å²) in [4.78, 5) is 17.1. The predicted octanol–water partition coefficient (Wildman–Crippen LogP) is 1.16. The van der Waals surface area contributed by atoms with Crippen LogP contribution in [0, 0.1) is 0 Å². The zero-order valence-electron chi connectivity index (χ0n) is 7.11. The van der Waals surface area contributed by atoms with Crippen molar-refractivity contribution in [2.75, 3.05) is 11.9 Å². The monoisotopic (exact) mass is 162 g/mol. The number of amides is 1. The number of likely N-dealkylation sites (N-methyl/N-ethyl adjacent to an activating group) is 1. The molecule has 62 valence electrons. The van der Waals surface area contributed by atoms with Crippen molar-refractivity contribution in [3.63, 3.8) is 0 Å². The Morgan fingerprint density at radius 1 is 1.58 bits per heavy atom. The quantitative estimate of drug-likeness (QED) is 0.573. The lowest BCUT2D eigenvalue weighted by molar-refractivity contribution is -0.118. The van der Waals surface area contributed by atoms with Crippen LogP contribution in [0.5, 0.6) is 0 Å². The lowest BCUT2D eigenvalue weighted by Crippen LogP contribution is -2.22. The lowest BCUT2D eigenvalue weighted by atomic mass is 10.1. The van der Waals surface area contributed by atoms with E-state index < -0.39 is 0 Å². The summed E-state index contributed by atoms with van der Waals surface area (Å²) in [6, 6.07) is 1.87. The maximum absolute atomic E-state index is 11.5. The van der Waals surface area contributed by atoms with E-state index in [1.165, 1.54) is 0 Å². The Morgan fingerprint density at radius 2 is 2.33 bits per heavy atom. The molecule has 0 saturated carbocycles. The molecule has 3 heteroatoms. The van der Waals surface area contributed by atoms with Crippen molar-refractivity contribution in [1.29, 1.82) is 0 Å². The maximum Gasteiger partial charge on any atom is 0.234 e. The van der Waals surface area contributed by atoms with Gasteiger partial charge in [0.1, 0.15) is 0 Å². The molecule has 0 aliphatic carbocycles. The molecule has 0 N–H and O–H groups in total. The van der Waals surface area contributed by atoms with E-state index in [2.05, 4.69) is 4.98 Å². The molecule has 0 aromatic carbocycles. The van der Waals surface area contributed by atoms with Crippen LogP contribution in [0.4, 0.5) is 5.69 Å². The van der Waals surface area contributed by atoms with Crippen LogP contribution in [-0.4, -0.2) is 17.9 Å². The Labute approximate surface area is 71.0 Å². The number of aromatic nitrogens is 1. The van der Waals surface area contributed by atoms with Crippen LogP contribution in [0.2, 0.25) is 0 Å². The molecule has 1 aromatic heterocycles. The van der Waals surface area contributed by atoms with Gasteiger partial charge in [-0.3, -0.25) is 9.78 Å². The molecule has 0 spiro atoms. The smallest absolute Gasteiger partial charge is 0.234 e. The topological polar surface area (TPSA) is 33.2 Å². The standard InChI is InChI=1S/C9H10N2O/c1-6-7-5-10-4-3-8(7)11(2)9(6)12/h3-6H,1-2H3. The molecule has 3 nitrogen and oxygen atoms in total. The van der Waals surface area contributed by atoms with E-state index >= 15 is 0 Å². The van der Waals surface area contributed by atoms with Crippen LogP contribution in [-0.2, 0) is 4.79 Å². The van der Waals surface area contributed by atoms with E-state index in [9.17, 15) is 4.79 Å². The first kappa shape index (κ1) is 7.28. The Hall–Kier alpha value is -1.38. The minimum atomic E-state index is -0.0290. The number of carbonyl (C=O) groups excluding carboxylic acids is 1. The summed E-state index contributed by atoms with van der Waals surface area (Å²) in [7, 11) is 1.80. The Morgan fingerprint density at radius 3 is 3.00 bits per heavy atom. The minimum absolute atomic E-state index is 0.0290. The molecule has 1 unspecified atom stereocenters. The fourth-order valence-electron chi connectivity index (χ4n) is 1.58. The molecule has 0 fully saturated rings. The number of rotatable bonds is 0. The lowest BCUT2D eigenvalue weighted by Gasteiger charge is -2.08. The molecule has 12 heavy (non-hydrogen) atoms. The average molecular weight is 162 g/mol. The van der Waals surface area contributed by atoms with Crippen molar-refractivity contribution in [1.82, 2.24) is 4.98 Å². The third kappa shape index (κ3) is 0.763. The van der Waals surface area contributed by atoms with Gasteiger partial charge in [0.2, 0.25) is 5.91 Å². The number of pyridine rings is 1. The Kier molecular flexibility index (Phi) is 1.40. The summed E-state index contributed by atoms with van der Waals surface area (Å²) < 4.78 is 0. The van der Waals surface area contributed by atoms with Crippen LogP contribution in [0.3, 0.4) is 0 Å². The fraction of sp³-hybridized carbons (Fsp3) is 0.333. The van der Waals surface area contributed by atoms with Crippen LogP contribution in [0.15, 0.2) is 18.5 Å². The van der Waals surface area contributed by atoms with Gasteiger partial charge >= 0.3 is 0 Å². The molecule has 1 aliphatic rings. The van der Waals surface area contributed by atoms with Crippen LogP contribution < -0.4 is 4.90 Å². The molecule has 1 amide bonds. The second kappa shape index (κ2) is 2.30. The maximum atomic E-state index is 11.5. The van der Waals surface area contributed by atoms with Gasteiger partial charge in [0.05, 0.1) is 11.6 Å². The predicted molar refractivity (Wildman–Crippen MR) is 46.1 cm³/mol. The summed E-state index contributed by atoms with van der Waals surface area (Å²) in [6.07, 6.45) is 3.47. The largest absolute Gasteiger partial charge is 0.315 e.